The van der Waals surface area contributed by atoms with Gasteiger partial charge < -0.3 is 10.1 Å². The Balaban J connectivity index is 2.86. The lowest BCUT2D eigenvalue weighted by Gasteiger charge is -2.02. The van der Waals surface area contributed by atoms with Crippen molar-refractivity contribution in [3.63, 3.8) is 0 Å². The van der Waals surface area contributed by atoms with Gasteiger partial charge in [-0.3, -0.25) is 4.79 Å². The fraction of sp³-hybridized carbons (Fsp3) is 0.889. The molecule has 12 heavy (non-hydrogen) atoms. The maximum absolute atomic E-state index is 10.4. The molecule has 0 heterocycles. The van der Waals surface area contributed by atoms with Crippen LogP contribution in [-0.2, 0) is 9.53 Å². The molecule has 0 aliphatic rings. The van der Waals surface area contributed by atoms with Crippen molar-refractivity contribution >= 4 is 5.91 Å². The Morgan fingerprint density at radius 1 is 1.33 bits per heavy atom. The number of hydrogen-bond donors (Lipinski definition) is 1. The van der Waals surface area contributed by atoms with Gasteiger partial charge in [0.2, 0.25) is 5.91 Å². The fourth-order valence-corrected chi connectivity index (χ4v) is 0.840. The zero-order valence-corrected chi connectivity index (χ0v) is 8.06. The summed E-state index contributed by atoms with van der Waals surface area (Å²) < 4.78 is 5.28. The quantitative estimate of drug-likeness (QED) is 0.590. The first-order valence-electron chi connectivity index (χ1n) is 4.59. The molecule has 0 unspecified atom stereocenters. The second-order valence-corrected chi connectivity index (χ2v) is 2.80. The van der Waals surface area contributed by atoms with Crippen LogP contribution in [0.15, 0.2) is 0 Å². The number of nitrogens with one attached hydrogen (secondary N) is 1. The van der Waals surface area contributed by atoms with Crippen LogP contribution >= 0.6 is 0 Å². The van der Waals surface area contributed by atoms with Crippen molar-refractivity contribution in [3.8, 4) is 0 Å². The van der Waals surface area contributed by atoms with Crippen LogP contribution in [0, 0.1) is 0 Å². The molecule has 0 bridgehead atoms. The average molecular weight is 173 g/mol. The molecule has 0 aliphatic heterocycles. The van der Waals surface area contributed by atoms with Gasteiger partial charge in [0.05, 0.1) is 0 Å². The molecule has 0 aromatic carbocycles. The minimum atomic E-state index is 0.0458. The lowest BCUT2D eigenvalue weighted by atomic mass is 10.3. The molecule has 0 spiro atoms. The fourth-order valence-electron chi connectivity index (χ4n) is 0.840. The van der Waals surface area contributed by atoms with E-state index in [0.717, 1.165) is 39.0 Å². The standard InChI is InChI=1S/C9H19NO2/c1-3-7-12-8-5-4-6-10-9(2)11/h3-8H2,1-2H3,(H,10,11). The molecule has 0 fully saturated rings. The second-order valence-electron chi connectivity index (χ2n) is 2.80. The molecule has 0 radical (unpaired) electrons. The van der Waals surface area contributed by atoms with Gasteiger partial charge in [-0.15, -0.1) is 0 Å². The Morgan fingerprint density at radius 3 is 2.67 bits per heavy atom. The zero-order chi connectivity index (χ0) is 9.23. The van der Waals surface area contributed by atoms with E-state index in [-0.39, 0.29) is 5.91 Å². The highest BCUT2D eigenvalue weighted by atomic mass is 16.5. The molecule has 0 aromatic rings. The van der Waals surface area contributed by atoms with E-state index in [1.807, 2.05) is 0 Å². The van der Waals surface area contributed by atoms with Gasteiger partial charge in [0.25, 0.3) is 0 Å². The summed E-state index contributed by atoms with van der Waals surface area (Å²) in [4.78, 5) is 10.4. The molecule has 0 aliphatic carbocycles. The van der Waals surface area contributed by atoms with E-state index in [4.69, 9.17) is 4.74 Å². The van der Waals surface area contributed by atoms with Crippen molar-refractivity contribution in [1.29, 1.82) is 0 Å². The number of rotatable bonds is 7. The molecule has 0 aromatic heterocycles. The van der Waals surface area contributed by atoms with Crippen molar-refractivity contribution in [2.24, 2.45) is 0 Å². The Morgan fingerprint density at radius 2 is 2.08 bits per heavy atom. The van der Waals surface area contributed by atoms with E-state index in [1.54, 1.807) is 0 Å². The summed E-state index contributed by atoms with van der Waals surface area (Å²) in [7, 11) is 0. The summed E-state index contributed by atoms with van der Waals surface area (Å²) in [5, 5.41) is 2.74. The Hall–Kier alpha value is -0.570. The van der Waals surface area contributed by atoms with E-state index in [2.05, 4.69) is 12.2 Å². The van der Waals surface area contributed by atoms with Crippen LogP contribution in [0.3, 0.4) is 0 Å². The van der Waals surface area contributed by atoms with Crippen molar-refractivity contribution in [2.75, 3.05) is 19.8 Å². The number of carbonyl (C=O) groups excluding carboxylic acids is 1. The van der Waals surface area contributed by atoms with Crippen LogP contribution in [0.4, 0.5) is 0 Å². The Bertz CT molecular complexity index is 115. The van der Waals surface area contributed by atoms with E-state index in [9.17, 15) is 4.79 Å². The monoisotopic (exact) mass is 173 g/mol. The number of carbonyl (C=O) groups is 1. The summed E-state index contributed by atoms with van der Waals surface area (Å²) in [6.07, 6.45) is 3.11. The SMILES string of the molecule is CCCOCCCCNC(C)=O. The molecule has 0 saturated heterocycles. The molecule has 3 heteroatoms. The normalized spacial score (nSPS) is 9.83. The molecule has 72 valence electrons. The highest BCUT2D eigenvalue weighted by molar-refractivity contribution is 5.72. The predicted octanol–water partition coefficient (Wildman–Crippen LogP) is 1.33. The van der Waals surface area contributed by atoms with Crippen LogP contribution in [0.1, 0.15) is 33.1 Å². The lowest BCUT2D eigenvalue weighted by Crippen LogP contribution is -2.21. The molecule has 1 amide bonds. The van der Waals surface area contributed by atoms with Gasteiger partial charge in [-0.1, -0.05) is 6.92 Å². The molecule has 1 N–H and O–H groups in total. The Kier molecular flexibility index (Phi) is 8.12. The van der Waals surface area contributed by atoms with Crippen molar-refractivity contribution in [1.82, 2.24) is 5.32 Å². The highest BCUT2D eigenvalue weighted by Gasteiger charge is 1.90. The topological polar surface area (TPSA) is 38.3 Å². The van der Waals surface area contributed by atoms with Gasteiger partial charge in [0, 0.05) is 26.7 Å². The third-order valence-corrected chi connectivity index (χ3v) is 1.44. The van der Waals surface area contributed by atoms with Gasteiger partial charge in [0.1, 0.15) is 0 Å². The number of ether oxygens (including phenoxy) is 1. The highest BCUT2D eigenvalue weighted by Crippen LogP contribution is 1.89. The summed E-state index contributed by atoms with van der Waals surface area (Å²) in [5.74, 6) is 0.0458. The van der Waals surface area contributed by atoms with Gasteiger partial charge in [-0.25, -0.2) is 0 Å². The Labute approximate surface area is 74.5 Å². The predicted molar refractivity (Wildman–Crippen MR) is 49.0 cm³/mol. The van der Waals surface area contributed by atoms with Crippen LogP contribution in [0.2, 0.25) is 0 Å². The summed E-state index contributed by atoms with van der Waals surface area (Å²) >= 11 is 0. The third-order valence-electron chi connectivity index (χ3n) is 1.44. The minimum Gasteiger partial charge on any atom is -0.381 e. The van der Waals surface area contributed by atoms with Crippen molar-refractivity contribution in [3.05, 3.63) is 0 Å². The molecule has 0 rings (SSSR count). The lowest BCUT2D eigenvalue weighted by molar-refractivity contribution is -0.118. The summed E-state index contributed by atoms with van der Waals surface area (Å²) in [5.41, 5.74) is 0. The molecule has 3 nitrogen and oxygen atoms in total. The van der Waals surface area contributed by atoms with Gasteiger partial charge in [0.15, 0.2) is 0 Å². The first-order valence-corrected chi connectivity index (χ1v) is 4.59. The summed E-state index contributed by atoms with van der Waals surface area (Å²) in [6, 6.07) is 0. The van der Waals surface area contributed by atoms with E-state index >= 15 is 0 Å². The molecule has 0 saturated carbocycles. The number of unbranched alkanes of at least 4 members (excludes halogenated alkanes) is 1. The average Bonchev–Trinajstić information content (AvgIpc) is 2.02. The smallest absolute Gasteiger partial charge is 0.216 e. The molecule has 0 atom stereocenters. The van der Waals surface area contributed by atoms with E-state index < -0.39 is 0 Å². The first kappa shape index (κ1) is 11.4. The maximum atomic E-state index is 10.4. The first-order chi connectivity index (χ1) is 5.77. The zero-order valence-electron chi connectivity index (χ0n) is 8.06. The van der Waals surface area contributed by atoms with Gasteiger partial charge in [-0.05, 0) is 19.3 Å². The third kappa shape index (κ3) is 9.43. The summed E-state index contributed by atoms with van der Waals surface area (Å²) in [6.45, 7) is 6.06. The van der Waals surface area contributed by atoms with E-state index in [1.165, 1.54) is 6.92 Å². The van der Waals surface area contributed by atoms with Crippen LogP contribution in [0.5, 0.6) is 0 Å². The van der Waals surface area contributed by atoms with Gasteiger partial charge >= 0.3 is 0 Å². The van der Waals surface area contributed by atoms with Crippen LogP contribution < -0.4 is 5.32 Å². The van der Waals surface area contributed by atoms with Crippen LogP contribution in [-0.4, -0.2) is 25.7 Å². The molecular weight excluding hydrogens is 154 g/mol. The van der Waals surface area contributed by atoms with E-state index in [0.29, 0.717) is 0 Å². The van der Waals surface area contributed by atoms with Crippen molar-refractivity contribution in [2.45, 2.75) is 33.1 Å². The second kappa shape index (κ2) is 8.53. The number of hydrogen-bond acceptors (Lipinski definition) is 2. The molecular formula is C9H19NO2. The maximum Gasteiger partial charge on any atom is 0.216 e. The van der Waals surface area contributed by atoms with Crippen molar-refractivity contribution < 1.29 is 9.53 Å². The van der Waals surface area contributed by atoms with Gasteiger partial charge in [-0.2, -0.15) is 0 Å². The van der Waals surface area contributed by atoms with Crippen LogP contribution in [0.25, 0.3) is 0 Å². The largest absolute Gasteiger partial charge is 0.381 e. The minimum absolute atomic E-state index is 0.0458. The number of amides is 1.